The lowest BCUT2D eigenvalue weighted by atomic mass is 10.1. The van der Waals surface area contributed by atoms with E-state index >= 15 is 0 Å². The Morgan fingerprint density at radius 1 is 1.20 bits per heavy atom. The maximum Gasteiger partial charge on any atom is 0.410 e. The van der Waals surface area contributed by atoms with Gasteiger partial charge < -0.3 is 9.64 Å². The maximum atomic E-state index is 13.7. The third-order valence-electron chi connectivity index (χ3n) is 4.59. The Kier molecular flexibility index (Phi) is 4.31. The van der Waals surface area contributed by atoms with Crippen molar-refractivity contribution >= 4 is 11.8 Å². The number of hydrogen-bond donors (Lipinski definition) is 0. The summed E-state index contributed by atoms with van der Waals surface area (Å²) in [6, 6.07) is 3.79. The van der Waals surface area contributed by atoms with Crippen LogP contribution in [-0.2, 0) is 4.74 Å². The molecule has 1 amide bonds. The highest BCUT2D eigenvalue weighted by atomic mass is 19.2. The molecule has 2 unspecified atom stereocenters. The smallest absolute Gasteiger partial charge is 0.410 e. The number of piperazine rings is 1. The average molecular weight is 349 g/mol. The summed E-state index contributed by atoms with van der Waals surface area (Å²) in [7, 11) is 0. The molecular weight excluding hydrogens is 328 g/mol. The fourth-order valence-corrected chi connectivity index (χ4v) is 3.60. The Morgan fingerprint density at radius 2 is 1.76 bits per heavy atom. The van der Waals surface area contributed by atoms with Crippen LogP contribution >= 0.6 is 0 Å². The van der Waals surface area contributed by atoms with E-state index in [4.69, 9.17) is 4.74 Å². The van der Waals surface area contributed by atoms with Crippen molar-refractivity contribution in [3.8, 4) is 6.07 Å². The third-order valence-corrected chi connectivity index (χ3v) is 4.59. The molecule has 2 aliphatic heterocycles. The summed E-state index contributed by atoms with van der Waals surface area (Å²) in [5, 5.41) is 9.23. The molecule has 134 valence electrons. The van der Waals surface area contributed by atoms with E-state index in [1.165, 1.54) is 0 Å². The number of carbonyl (C=O) groups is 1. The summed E-state index contributed by atoms with van der Waals surface area (Å²) < 4.78 is 32.5. The molecule has 25 heavy (non-hydrogen) atoms. The second-order valence-corrected chi connectivity index (χ2v) is 7.57. The van der Waals surface area contributed by atoms with Gasteiger partial charge in [0.05, 0.1) is 23.3 Å². The summed E-state index contributed by atoms with van der Waals surface area (Å²) in [6.45, 7) is 6.40. The largest absolute Gasteiger partial charge is 0.444 e. The monoisotopic (exact) mass is 349 g/mol. The van der Waals surface area contributed by atoms with Crippen molar-refractivity contribution < 1.29 is 18.3 Å². The molecule has 2 saturated heterocycles. The van der Waals surface area contributed by atoms with Crippen molar-refractivity contribution in [2.75, 3.05) is 18.0 Å². The second-order valence-electron chi connectivity index (χ2n) is 7.57. The SMILES string of the molecule is CC(C)(C)OC(=O)N1C2CCC1CN(c1cc(F)c(F)cc1C#N)C2. The average Bonchev–Trinajstić information content (AvgIpc) is 2.78. The van der Waals surface area contributed by atoms with E-state index in [1.807, 2.05) is 31.7 Å². The van der Waals surface area contributed by atoms with E-state index in [9.17, 15) is 18.8 Å². The van der Waals surface area contributed by atoms with Gasteiger partial charge in [-0.3, -0.25) is 4.90 Å². The van der Waals surface area contributed by atoms with Gasteiger partial charge >= 0.3 is 6.09 Å². The first-order chi connectivity index (χ1) is 11.7. The van der Waals surface area contributed by atoms with Crippen LogP contribution in [0.2, 0.25) is 0 Å². The van der Waals surface area contributed by atoms with Crippen LogP contribution in [-0.4, -0.2) is 41.8 Å². The van der Waals surface area contributed by atoms with Gasteiger partial charge in [0, 0.05) is 19.2 Å². The number of ether oxygens (including phenoxy) is 1. The number of fused-ring (bicyclic) bond motifs is 2. The number of halogens is 2. The Hall–Kier alpha value is -2.36. The summed E-state index contributed by atoms with van der Waals surface area (Å²) in [6.07, 6.45) is 1.31. The number of nitriles is 1. The van der Waals surface area contributed by atoms with E-state index in [-0.39, 0.29) is 23.7 Å². The van der Waals surface area contributed by atoms with Gasteiger partial charge in [0.1, 0.15) is 11.7 Å². The molecule has 1 aromatic rings. The van der Waals surface area contributed by atoms with E-state index < -0.39 is 17.2 Å². The Balaban J connectivity index is 1.82. The van der Waals surface area contributed by atoms with E-state index in [0.29, 0.717) is 18.8 Å². The van der Waals surface area contributed by atoms with Crippen LogP contribution in [0, 0.1) is 23.0 Å². The molecule has 0 radical (unpaired) electrons. The quantitative estimate of drug-likeness (QED) is 0.779. The maximum absolute atomic E-state index is 13.7. The summed E-state index contributed by atoms with van der Waals surface area (Å²) >= 11 is 0. The Morgan fingerprint density at radius 3 is 2.28 bits per heavy atom. The van der Waals surface area contributed by atoms with Gasteiger partial charge in [-0.15, -0.1) is 0 Å². The Labute approximate surface area is 145 Å². The van der Waals surface area contributed by atoms with Gasteiger partial charge in [-0.25, -0.2) is 13.6 Å². The van der Waals surface area contributed by atoms with Gasteiger partial charge in [0.15, 0.2) is 11.6 Å². The van der Waals surface area contributed by atoms with Crippen molar-refractivity contribution in [3.05, 3.63) is 29.3 Å². The number of hydrogen-bond acceptors (Lipinski definition) is 4. The molecule has 3 rings (SSSR count). The number of carbonyl (C=O) groups excluding carboxylic acids is 1. The zero-order chi connectivity index (χ0) is 18.4. The fourth-order valence-electron chi connectivity index (χ4n) is 3.60. The molecule has 2 heterocycles. The van der Waals surface area contributed by atoms with Gasteiger partial charge in [0.25, 0.3) is 0 Å². The van der Waals surface area contributed by atoms with Crippen LogP contribution in [0.5, 0.6) is 0 Å². The van der Waals surface area contributed by atoms with Crippen molar-refractivity contribution in [1.82, 2.24) is 4.90 Å². The molecule has 2 aliphatic rings. The van der Waals surface area contributed by atoms with Crippen molar-refractivity contribution in [3.63, 3.8) is 0 Å². The van der Waals surface area contributed by atoms with Crippen LogP contribution in [0.3, 0.4) is 0 Å². The third kappa shape index (κ3) is 3.39. The predicted octanol–water partition coefficient (Wildman–Crippen LogP) is 3.42. The zero-order valence-electron chi connectivity index (χ0n) is 14.6. The topological polar surface area (TPSA) is 56.6 Å². The first-order valence-electron chi connectivity index (χ1n) is 8.35. The molecule has 2 atom stereocenters. The minimum absolute atomic E-state index is 0.0618. The lowest BCUT2D eigenvalue weighted by molar-refractivity contribution is 0.0123. The zero-order valence-corrected chi connectivity index (χ0v) is 14.6. The minimum atomic E-state index is -1.03. The Bertz CT molecular complexity index is 725. The molecule has 2 fully saturated rings. The van der Waals surface area contributed by atoms with Crippen molar-refractivity contribution in [2.45, 2.75) is 51.3 Å². The van der Waals surface area contributed by atoms with E-state index in [2.05, 4.69) is 0 Å². The second kappa shape index (κ2) is 6.17. The predicted molar refractivity (Wildman–Crippen MR) is 88.2 cm³/mol. The number of anilines is 1. The molecule has 5 nitrogen and oxygen atoms in total. The number of benzene rings is 1. The lowest BCUT2D eigenvalue weighted by Gasteiger charge is -2.42. The minimum Gasteiger partial charge on any atom is -0.444 e. The van der Waals surface area contributed by atoms with Gasteiger partial charge in [-0.2, -0.15) is 5.26 Å². The standard InChI is InChI=1S/C18H21F2N3O2/c1-18(2,3)25-17(24)23-12-4-5-13(23)10-22(9-12)16-7-15(20)14(19)6-11(16)8-21/h6-7,12-13H,4-5,9-10H2,1-3H3. The van der Waals surface area contributed by atoms with Crippen LogP contribution in [0.15, 0.2) is 12.1 Å². The first-order valence-corrected chi connectivity index (χ1v) is 8.35. The van der Waals surface area contributed by atoms with Crippen LogP contribution < -0.4 is 4.90 Å². The molecule has 0 aromatic heterocycles. The highest BCUT2D eigenvalue weighted by molar-refractivity contribution is 5.71. The lowest BCUT2D eigenvalue weighted by Crippen LogP contribution is -2.57. The molecule has 0 saturated carbocycles. The summed E-state index contributed by atoms with van der Waals surface area (Å²) in [5.74, 6) is -2.01. The van der Waals surface area contributed by atoms with Gasteiger partial charge in [-0.05, 0) is 39.7 Å². The molecule has 1 aromatic carbocycles. The summed E-state index contributed by atoms with van der Waals surface area (Å²) in [4.78, 5) is 16.1. The van der Waals surface area contributed by atoms with Crippen LogP contribution in [0.25, 0.3) is 0 Å². The summed E-state index contributed by atoms with van der Waals surface area (Å²) in [5.41, 5.74) is -0.0898. The fraction of sp³-hybridized carbons (Fsp3) is 0.556. The first kappa shape index (κ1) is 17.5. The van der Waals surface area contributed by atoms with E-state index in [1.54, 1.807) is 4.90 Å². The van der Waals surface area contributed by atoms with Crippen molar-refractivity contribution in [2.24, 2.45) is 0 Å². The number of rotatable bonds is 1. The van der Waals surface area contributed by atoms with Gasteiger partial charge in [-0.1, -0.05) is 0 Å². The molecule has 7 heteroatoms. The highest BCUT2D eigenvalue weighted by Gasteiger charge is 2.44. The van der Waals surface area contributed by atoms with Crippen LogP contribution in [0.1, 0.15) is 39.2 Å². The molecule has 2 bridgehead atoms. The molecular formula is C18H21F2N3O2. The van der Waals surface area contributed by atoms with Crippen molar-refractivity contribution in [1.29, 1.82) is 5.26 Å². The van der Waals surface area contributed by atoms with Gasteiger partial charge in [0.2, 0.25) is 0 Å². The van der Waals surface area contributed by atoms with E-state index in [0.717, 1.165) is 25.0 Å². The molecule has 0 N–H and O–H groups in total. The van der Waals surface area contributed by atoms with Crippen LogP contribution in [0.4, 0.5) is 19.3 Å². The highest BCUT2D eigenvalue weighted by Crippen LogP contribution is 2.35. The normalized spacial score (nSPS) is 22.7. The number of amides is 1. The molecule has 0 aliphatic carbocycles. The number of nitrogens with zero attached hydrogens (tertiary/aromatic N) is 3. The molecule has 0 spiro atoms.